The van der Waals surface area contributed by atoms with Crippen molar-refractivity contribution in [2.45, 2.75) is 58.0 Å². The molecular formula is C14H25N3O4. The van der Waals surface area contributed by atoms with Crippen LogP contribution >= 0.6 is 0 Å². The molecule has 0 aliphatic heterocycles. The number of rotatable bonds is 5. The van der Waals surface area contributed by atoms with Crippen molar-refractivity contribution in [3.8, 4) is 0 Å². The number of aliphatic carboxylic acids is 1. The molecule has 3 amide bonds. The van der Waals surface area contributed by atoms with E-state index in [0.717, 1.165) is 12.8 Å². The fourth-order valence-electron chi connectivity index (χ4n) is 2.87. The zero-order valence-corrected chi connectivity index (χ0v) is 12.8. The third-order valence-electron chi connectivity index (χ3n) is 4.02. The van der Waals surface area contributed by atoms with E-state index in [9.17, 15) is 19.5 Å². The molecule has 120 valence electrons. The van der Waals surface area contributed by atoms with Gasteiger partial charge < -0.3 is 21.5 Å². The summed E-state index contributed by atoms with van der Waals surface area (Å²) in [4.78, 5) is 34.9. The second kappa shape index (κ2) is 6.78. The van der Waals surface area contributed by atoms with Crippen LogP contribution in [0.2, 0.25) is 0 Å². The standard InChI is InChI=1S/C14H25N3O4/c1-8(2)10(11(15)18)16-13(21)17-14(12(19)20)6-4-5-9(3)7-14/h8-10H,4-7H2,1-3H3,(H2,15,18)(H,19,20)(H2,16,17,21). The Balaban J connectivity index is 2.78. The zero-order valence-electron chi connectivity index (χ0n) is 12.8. The number of nitrogens with one attached hydrogen (secondary N) is 2. The molecule has 7 heteroatoms. The van der Waals surface area contributed by atoms with Gasteiger partial charge in [0.15, 0.2) is 0 Å². The largest absolute Gasteiger partial charge is 0.480 e. The summed E-state index contributed by atoms with van der Waals surface area (Å²) in [6.07, 6.45) is 2.48. The summed E-state index contributed by atoms with van der Waals surface area (Å²) in [5.74, 6) is -1.61. The van der Waals surface area contributed by atoms with Crippen LogP contribution < -0.4 is 16.4 Å². The number of carboxylic acid groups (broad SMARTS) is 1. The average Bonchev–Trinajstić information content (AvgIpc) is 2.35. The van der Waals surface area contributed by atoms with Crippen molar-refractivity contribution in [1.82, 2.24) is 10.6 Å². The number of amides is 3. The van der Waals surface area contributed by atoms with Gasteiger partial charge >= 0.3 is 12.0 Å². The summed E-state index contributed by atoms with van der Waals surface area (Å²) in [6, 6.07) is -1.49. The lowest BCUT2D eigenvalue weighted by Crippen LogP contribution is -2.61. The molecule has 7 nitrogen and oxygen atoms in total. The zero-order chi connectivity index (χ0) is 16.2. The molecular weight excluding hydrogens is 274 g/mol. The first-order chi connectivity index (χ1) is 9.68. The molecule has 21 heavy (non-hydrogen) atoms. The SMILES string of the molecule is CC1CCCC(NC(=O)NC(C(N)=O)C(C)C)(C(=O)O)C1. The fourth-order valence-corrected chi connectivity index (χ4v) is 2.87. The summed E-state index contributed by atoms with van der Waals surface area (Å²) in [6.45, 7) is 5.48. The van der Waals surface area contributed by atoms with E-state index in [1.165, 1.54) is 0 Å². The monoisotopic (exact) mass is 299 g/mol. The highest BCUT2D eigenvalue weighted by atomic mass is 16.4. The number of carbonyl (C=O) groups excluding carboxylic acids is 2. The predicted molar refractivity (Wildman–Crippen MR) is 77.5 cm³/mol. The van der Waals surface area contributed by atoms with Gasteiger partial charge in [-0.1, -0.05) is 33.6 Å². The normalized spacial score (nSPS) is 27.0. The average molecular weight is 299 g/mol. The van der Waals surface area contributed by atoms with Gasteiger partial charge in [0.1, 0.15) is 11.6 Å². The molecule has 1 aliphatic carbocycles. The summed E-state index contributed by atoms with van der Waals surface area (Å²) in [5, 5.41) is 14.5. The van der Waals surface area contributed by atoms with E-state index in [1.54, 1.807) is 13.8 Å². The third-order valence-corrected chi connectivity index (χ3v) is 4.02. The van der Waals surface area contributed by atoms with Crippen LogP contribution in [0.3, 0.4) is 0 Å². The van der Waals surface area contributed by atoms with Crippen molar-refractivity contribution in [2.75, 3.05) is 0 Å². The lowest BCUT2D eigenvalue weighted by molar-refractivity contribution is -0.146. The Morgan fingerprint density at radius 1 is 1.33 bits per heavy atom. The predicted octanol–water partition coefficient (Wildman–Crippen LogP) is 0.829. The molecule has 1 aliphatic rings. The van der Waals surface area contributed by atoms with Crippen molar-refractivity contribution in [2.24, 2.45) is 17.6 Å². The van der Waals surface area contributed by atoms with Gasteiger partial charge in [0.05, 0.1) is 0 Å². The van der Waals surface area contributed by atoms with E-state index in [0.29, 0.717) is 12.8 Å². The van der Waals surface area contributed by atoms with Gasteiger partial charge in [-0.15, -0.1) is 0 Å². The molecule has 1 fully saturated rings. The van der Waals surface area contributed by atoms with E-state index in [1.807, 2.05) is 6.92 Å². The lowest BCUT2D eigenvalue weighted by Gasteiger charge is -2.37. The molecule has 3 unspecified atom stereocenters. The van der Waals surface area contributed by atoms with Gasteiger partial charge in [0.25, 0.3) is 0 Å². The van der Waals surface area contributed by atoms with E-state index in [2.05, 4.69) is 10.6 Å². The number of carboxylic acids is 1. The van der Waals surface area contributed by atoms with E-state index in [4.69, 9.17) is 5.73 Å². The van der Waals surface area contributed by atoms with Crippen LogP contribution in [0.15, 0.2) is 0 Å². The Bertz CT molecular complexity index is 424. The van der Waals surface area contributed by atoms with E-state index in [-0.39, 0.29) is 11.8 Å². The van der Waals surface area contributed by atoms with Crippen LogP contribution in [-0.4, -0.2) is 34.6 Å². The molecule has 0 aromatic rings. The van der Waals surface area contributed by atoms with Gasteiger partial charge in [-0.25, -0.2) is 9.59 Å². The Hall–Kier alpha value is -1.79. The van der Waals surface area contributed by atoms with Crippen molar-refractivity contribution >= 4 is 17.9 Å². The minimum Gasteiger partial charge on any atom is -0.480 e. The molecule has 0 bridgehead atoms. The van der Waals surface area contributed by atoms with Crippen molar-refractivity contribution in [3.63, 3.8) is 0 Å². The van der Waals surface area contributed by atoms with E-state index < -0.39 is 29.5 Å². The molecule has 0 aromatic heterocycles. The van der Waals surface area contributed by atoms with Crippen molar-refractivity contribution in [1.29, 1.82) is 0 Å². The highest BCUT2D eigenvalue weighted by Gasteiger charge is 2.43. The van der Waals surface area contributed by atoms with Crippen LogP contribution in [0.4, 0.5) is 4.79 Å². The lowest BCUT2D eigenvalue weighted by atomic mass is 9.76. The van der Waals surface area contributed by atoms with Gasteiger partial charge in [-0.2, -0.15) is 0 Å². The first kappa shape index (κ1) is 17.3. The number of primary amides is 1. The van der Waals surface area contributed by atoms with Gasteiger partial charge in [-0.05, 0) is 24.7 Å². The molecule has 1 saturated carbocycles. The first-order valence-corrected chi connectivity index (χ1v) is 7.29. The molecule has 0 aromatic carbocycles. The fraction of sp³-hybridized carbons (Fsp3) is 0.786. The molecule has 0 radical (unpaired) electrons. The Morgan fingerprint density at radius 3 is 2.38 bits per heavy atom. The number of hydrogen-bond acceptors (Lipinski definition) is 3. The van der Waals surface area contributed by atoms with Gasteiger partial charge in [0, 0.05) is 0 Å². The van der Waals surface area contributed by atoms with Crippen molar-refractivity contribution in [3.05, 3.63) is 0 Å². The summed E-state index contributed by atoms with van der Waals surface area (Å²) < 4.78 is 0. The number of hydrogen-bond donors (Lipinski definition) is 4. The smallest absolute Gasteiger partial charge is 0.329 e. The molecule has 0 spiro atoms. The maximum atomic E-state index is 12.1. The first-order valence-electron chi connectivity index (χ1n) is 7.29. The van der Waals surface area contributed by atoms with Crippen LogP contribution in [-0.2, 0) is 9.59 Å². The second-order valence-electron chi connectivity index (χ2n) is 6.31. The Labute approximate surface area is 124 Å². The van der Waals surface area contributed by atoms with Crippen LogP contribution in [0.25, 0.3) is 0 Å². The topological polar surface area (TPSA) is 122 Å². The van der Waals surface area contributed by atoms with Crippen LogP contribution in [0, 0.1) is 11.8 Å². The number of carbonyl (C=O) groups is 3. The number of urea groups is 1. The summed E-state index contributed by atoms with van der Waals surface area (Å²) >= 11 is 0. The van der Waals surface area contributed by atoms with E-state index >= 15 is 0 Å². The summed E-state index contributed by atoms with van der Waals surface area (Å²) in [5.41, 5.74) is 3.97. The molecule has 1 rings (SSSR count). The molecule has 0 saturated heterocycles. The van der Waals surface area contributed by atoms with Crippen LogP contribution in [0.5, 0.6) is 0 Å². The van der Waals surface area contributed by atoms with Gasteiger partial charge in [0.2, 0.25) is 5.91 Å². The molecule has 3 atom stereocenters. The maximum absolute atomic E-state index is 12.1. The summed E-state index contributed by atoms with van der Waals surface area (Å²) in [7, 11) is 0. The van der Waals surface area contributed by atoms with Crippen molar-refractivity contribution < 1.29 is 19.5 Å². The highest BCUT2D eigenvalue weighted by Crippen LogP contribution is 2.32. The molecule has 0 heterocycles. The van der Waals surface area contributed by atoms with Gasteiger partial charge in [-0.3, -0.25) is 4.79 Å². The minimum absolute atomic E-state index is 0.167. The number of nitrogens with two attached hydrogens (primary N) is 1. The van der Waals surface area contributed by atoms with Crippen LogP contribution in [0.1, 0.15) is 46.5 Å². The highest BCUT2D eigenvalue weighted by molar-refractivity contribution is 5.89. The second-order valence-corrected chi connectivity index (χ2v) is 6.31. The third kappa shape index (κ3) is 4.34. The Kier molecular flexibility index (Phi) is 5.57. The molecule has 5 N–H and O–H groups in total. The Morgan fingerprint density at radius 2 is 1.95 bits per heavy atom. The maximum Gasteiger partial charge on any atom is 0.329 e. The quantitative estimate of drug-likeness (QED) is 0.600. The minimum atomic E-state index is -1.26.